The van der Waals surface area contributed by atoms with Crippen LogP contribution >= 0.6 is 0 Å². The van der Waals surface area contributed by atoms with Gasteiger partial charge in [-0.1, -0.05) is 0 Å². The number of sulfone groups is 1. The summed E-state index contributed by atoms with van der Waals surface area (Å²) in [7, 11) is -1.61. The van der Waals surface area contributed by atoms with E-state index in [-0.39, 0.29) is 10.8 Å². The van der Waals surface area contributed by atoms with Crippen molar-refractivity contribution < 1.29 is 13.2 Å². The van der Waals surface area contributed by atoms with Gasteiger partial charge in [-0.05, 0) is 32.0 Å². The van der Waals surface area contributed by atoms with Gasteiger partial charge < -0.3 is 10.2 Å². The first kappa shape index (κ1) is 17.1. The molecule has 2 rings (SSSR count). The smallest absolute Gasteiger partial charge is 0.244 e. The van der Waals surface area contributed by atoms with E-state index >= 15 is 0 Å². The predicted octanol–water partition coefficient (Wildman–Crippen LogP) is 1.31. The lowest BCUT2D eigenvalue weighted by molar-refractivity contribution is -0.130. The number of amides is 1. The predicted molar refractivity (Wildman–Crippen MR) is 89.0 cm³/mol. The van der Waals surface area contributed by atoms with E-state index in [1.54, 1.807) is 24.9 Å². The van der Waals surface area contributed by atoms with Crippen LogP contribution in [0.15, 0.2) is 29.4 Å². The summed E-state index contributed by atoms with van der Waals surface area (Å²) in [5, 5.41) is 3.61. The summed E-state index contributed by atoms with van der Waals surface area (Å²) in [4.78, 5) is 22.2. The van der Waals surface area contributed by atoms with Crippen molar-refractivity contribution in [3.05, 3.63) is 24.5 Å². The molecular weight excluding hydrogens is 316 g/mol. The summed E-state index contributed by atoms with van der Waals surface area (Å²) in [6.45, 7) is 4.24. The summed E-state index contributed by atoms with van der Waals surface area (Å²) < 4.78 is 23.4. The minimum atomic E-state index is -3.33. The van der Waals surface area contributed by atoms with E-state index in [1.807, 2.05) is 6.92 Å². The van der Waals surface area contributed by atoms with Gasteiger partial charge in [0.25, 0.3) is 0 Å². The number of likely N-dealkylation sites (N-methyl/N-ethyl adjacent to an activating group) is 1. The van der Waals surface area contributed by atoms with E-state index in [4.69, 9.17) is 0 Å². The van der Waals surface area contributed by atoms with Gasteiger partial charge in [0.05, 0.1) is 10.4 Å². The van der Waals surface area contributed by atoms with Gasteiger partial charge in [-0.15, -0.1) is 0 Å². The SMILES string of the molecule is CCN(C)C(=O)C(C)Nc1ncnc2ccc(S(C)(=O)=O)cc12. The number of rotatable bonds is 5. The normalized spacial score (nSPS) is 12.9. The van der Waals surface area contributed by atoms with Crippen LogP contribution in [0.25, 0.3) is 10.9 Å². The molecule has 0 bridgehead atoms. The fourth-order valence-electron chi connectivity index (χ4n) is 2.13. The number of nitrogens with zero attached hydrogens (tertiary/aromatic N) is 3. The number of fused-ring (bicyclic) bond motifs is 1. The molecule has 124 valence electrons. The number of anilines is 1. The van der Waals surface area contributed by atoms with E-state index in [2.05, 4.69) is 15.3 Å². The first-order valence-corrected chi connectivity index (χ1v) is 9.09. The van der Waals surface area contributed by atoms with Crippen LogP contribution in [0.5, 0.6) is 0 Å². The molecule has 0 saturated carbocycles. The monoisotopic (exact) mass is 336 g/mol. The molecule has 0 aliphatic heterocycles. The van der Waals surface area contributed by atoms with E-state index in [0.29, 0.717) is 23.3 Å². The van der Waals surface area contributed by atoms with Crippen LogP contribution in [0.2, 0.25) is 0 Å². The Labute approximate surface area is 135 Å². The van der Waals surface area contributed by atoms with Crippen molar-refractivity contribution in [2.24, 2.45) is 0 Å². The van der Waals surface area contributed by atoms with E-state index in [0.717, 1.165) is 6.26 Å². The molecule has 0 fully saturated rings. The Bertz CT molecular complexity index is 836. The molecule has 0 aliphatic rings. The van der Waals surface area contributed by atoms with Gasteiger partial charge in [0.1, 0.15) is 18.2 Å². The van der Waals surface area contributed by atoms with Gasteiger partial charge in [0, 0.05) is 25.2 Å². The van der Waals surface area contributed by atoms with E-state index in [9.17, 15) is 13.2 Å². The molecule has 0 radical (unpaired) electrons. The van der Waals surface area contributed by atoms with Gasteiger partial charge in [-0.25, -0.2) is 18.4 Å². The maximum absolute atomic E-state index is 12.2. The average molecular weight is 336 g/mol. The molecule has 1 aromatic carbocycles. The minimum Gasteiger partial charge on any atom is -0.358 e. The Hall–Kier alpha value is -2.22. The maximum Gasteiger partial charge on any atom is 0.244 e. The first-order chi connectivity index (χ1) is 10.7. The lowest BCUT2D eigenvalue weighted by Gasteiger charge is -2.21. The molecule has 1 amide bonds. The van der Waals surface area contributed by atoms with Crippen molar-refractivity contribution in [3.8, 4) is 0 Å². The Morgan fingerprint density at radius 3 is 2.65 bits per heavy atom. The highest BCUT2D eigenvalue weighted by Gasteiger charge is 2.18. The van der Waals surface area contributed by atoms with Crippen LogP contribution in [-0.4, -0.2) is 55.1 Å². The zero-order chi connectivity index (χ0) is 17.2. The number of carbonyl (C=O) groups excluding carboxylic acids is 1. The second-order valence-electron chi connectivity index (χ2n) is 5.39. The molecule has 1 N–H and O–H groups in total. The maximum atomic E-state index is 12.2. The first-order valence-electron chi connectivity index (χ1n) is 7.20. The average Bonchev–Trinajstić information content (AvgIpc) is 2.52. The number of carbonyl (C=O) groups is 1. The Morgan fingerprint density at radius 2 is 2.04 bits per heavy atom. The van der Waals surface area contributed by atoms with Gasteiger partial charge in [-0.2, -0.15) is 0 Å². The molecule has 1 unspecified atom stereocenters. The zero-order valence-electron chi connectivity index (χ0n) is 13.6. The highest BCUT2D eigenvalue weighted by molar-refractivity contribution is 7.90. The van der Waals surface area contributed by atoms with Crippen molar-refractivity contribution >= 4 is 32.5 Å². The third kappa shape index (κ3) is 3.76. The summed E-state index contributed by atoms with van der Waals surface area (Å²) in [6, 6.07) is 4.17. The van der Waals surface area contributed by atoms with Gasteiger partial charge >= 0.3 is 0 Å². The molecule has 1 atom stereocenters. The lowest BCUT2D eigenvalue weighted by atomic mass is 10.2. The molecule has 8 heteroatoms. The summed E-state index contributed by atoms with van der Waals surface area (Å²) in [6.07, 6.45) is 2.53. The molecule has 0 saturated heterocycles. The number of nitrogens with one attached hydrogen (secondary N) is 1. The van der Waals surface area contributed by atoms with Crippen LogP contribution in [0, 0.1) is 0 Å². The number of hydrogen-bond acceptors (Lipinski definition) is 6. The van der Waals surface area contributed by atoms with Crippen LogP contribution in [0.1, 0.15) is 13.8 Å². The molecule has 0 spiro atoms. The van der Waals surface area contributed by atoms with Crippen molar-refractivity contribution in [3.63, 3.8) is 0 Å². The van der Waals surface area contributed by atoms with Crippen molar-refractivity contribution in [2.45, 2.75) is 24.8 Å². The quantitative estimate of drug-likeness (QED) is 0.885. The number of aromatic nitrogens is 2. The highest BCUT2D eigenvalue weighted by atomic mass is 32.2. The second kappa shape index (κ2) is 6.49. The van der Waals surface area contributed by atoms with Gasteiger partial charge in [-0.3, -0.25) is 4.79 Å². The van der Waals surface area contributed by atoms with Gasteiger partial charge in [0.15, 0.2) is 9.84 Å². The third-order valence-electron chi connectivity index (χ3n) is 3.61. The molecule has 1 heterocycles. The van der Waals surface area contributed by atoms with Crippen molar-refractivity contribution in [1.29, 1.82) is 0 Å². The van der Waals surface area contributed by atoms with Crippen molar-refractivity contribution in [1.82, 2.24) is 14.9 Å². The standard InChI is InChI=1S/C15H20N4O3S/c1-5-19(3)15(20)10(2)18-14-12-8-11(23(4,21)22)6-7-13(12)16-9-17-14/h6-10H,5H2,1-4H3,(H,16,17,18). The van der Waals surface area contributed by atoms with Crippen molar-refractivity contribution in [2.75, 3.05) is 25.2 Å². The second-order valence-corrected chi connectivity index (χ2v) is 7.41. The molecule has 0 aliphatic carbocycles. The van der Waals surface area contributed by atoms with Gasteiger partial charge in [0.2, 0.25) is 5.91 Å². The summed E-state index contributed by atoms with van der Waals surface area (Å²) >= 11 is 0. The third-order valence-corrected chi connectivity index (χ3v) is 4.72. The number of hydrogen-bond donors (Lipinski definition) is 1. The van der Waals surface area contributed by atoms with E-state index < -0.39 is 15.9 Å². The molecule has 23 heavy (non-hydrogen) atoms. The Balaban J connectivity index is 2.42. The molecule has 1 aromatic heterocycles. The Kier molecular flexibility index (Phi) is 4.84. The molecular formula is C15H20N4O3S. The number of benzene rings is 1. The van der Waals surface area contributed by atoms with Crippen LogP contribution in [-0.2, 0) is 14.6 Å². The minimum absolute atomic E-state index is 0.0708. The van der Waals surface area contributed by atoms with Crippen LogP contribution in [0.4, 0.5) is 5.82 Å². The lowest BCUT2D eigenvalue weighted by Crippen LogP contribution is -2.39. The highest BCUT2D eigenvalue weighted by Crippen LogP contribution is 2.23. The Morgan fingerprint density at radius 1 is 1.35 bits per heavy atom. The molecule has 7 nitrogen and oxygen atoms in total. The van der Waals surface area contributed by atoms with Crippen LogP contribution in [0.3, 0.4) is 0 Å². The largest absolute Gasteiger partial charge is 0.358 e. The van der Waals surface area contributed by atoms with E-state index in [1.165, 1.54) is 18.5 Å². The molecule has 2 aromatic rings. The summed E-state index contributed by atoms with van der Waals surface area (Å²) in [5.41, 5.74) is 0.610. The fraction of sp³-hybridized carbons (Fsp3) is 0.400. The van der Waals surface area contributed by atoms with Crippen LogP contribution < -0.4 is 5.32 Å². The zero-order valence-corrected chi connectivity index (χ0v) is 14.4. The topological polar surface area (TPSA) is 92.3 Å². The summed E-state index contributed by atoms with van der Waals surface area (Å²) in [5.74, 6) is 0.365. The fourth-order valence-corrected chi connectivity index (χ4v) is 2.78.